The molecule has 1 saturated heterocycles. The van der Waals surface area contributed by atoms with Crippen LogP contribution in [-0.4, -0.2) is 52.9 Å². The van der Waals surface area contributed by atoms with Crippen LogP contribution in [-0.2, 0) is 16.1 Å². The van der Waals surface area contributed by atoms with Gasteiger partial charge in [-0.15, -0.1) is 0 Å². The third kappa shape index (κ3) is 3.65. The minimum atomic E-state index is -0.594. The van der Waals surface area contributed by atoms with Crippen molar-refractivity contribution in [3.05, 3.63) is 36.0 Å². The minimum Gasteiger partial charge on any atom is -0.485 e. The van der Waals surface area contributed by atoms with E-state index in [1.165, 1.54) is 0 Å². The summed E-state index contributed by atoms with van der Waals surface area (Å²) in [6, 6.07) is 7.39. The third-order valence-electron chi connectivity index (χ3n) is 4.55. The molecule has 0 N–H and O–H groups in total. The number of likely N-dealkylation sites (tertiary alicyclic amines) is 1. The van der Waals surface area contributed by atoms with Crippen molar-refractivity contribution in [3.63, 3.8) is 0 Å². The molecule has 2 aromatic rings. The van der Waals surface area contributed by atoms with Gasteiger partial charge in [-0.2, -0.15) is 4.98 Å². The van der Waals surface area contributed by atoms with E-state index < -0.39 is 6.10 Å². The molecule has 2 aliphatic heterocycles. The zero-order chi connectivity index (χ0) is 17.9. The van der Waals surface area contributed by atoms with E-state index in [0.717, 1.165) is 12.8 Å². The van der Waals surface area contributed by atoms with Crippen molar-refractivity contribution in [2.24, 2.45) is 0 Å². The lowest BCUT2D eigenvalue weighted by Gasteiger charge is -2.35. The van der Waals surface area contributed by atoms with E-state index in [0.29, 0.717) is 42.9 Å². The van der Waals surface area contributed by atoms with E-state index in [1.54, 1.807) is 6.92 Å². The van der Waals surface area contributed by atoms with E-state index in [2.05, 4.69) is 10.1 Å². The van der Waals surface area contributed by atoms with Gasteiger partial charge in [0.05, 0.1) is 6.10 Å². The molecule has 1 atom stereocenters. The summed E-state index contributed by atoms with van der Waals surface area (Å²) in [6.07, 6.45) is 1.02. The summed E-state index contributed by atoms with van der Waals surface area (Å²) in [4.78, 5) is 18.6. The number of amides is 1. The fraction of sp³-hybridized carbons (Fsp3) is 0.500. The van der Waals surface area contributed by atoms with Gasteiger partial charge in [0.15, 0.2) is 17.3 Å². The average molecular weight is 359 g/mol. The van der Waals surface area contributed by atoms with Crippen LogP contribution in [0, 0.1) is 6.92 Å². The summed E-state index contributed by atoms with van der Waals surface area (Å²) >= 11 is 0. The molecule has 0 saturated carbocycles. The maximum absolute atomic E-state index is 12.7. The van der Waals surface area contributed by atoms with Crippen molar-refractivity contribution in [2.75, 3.05) is 19.7 Å². The standard InChI is InChI=1S/C18H21N3O5/c1-12-19-17(26-20-12)11-23-13-6-8-21(9-7-13)18(22)16-10-24-14-4-2-3-5-15(14)25-16/h2-5,13,16H,6-11H2,1H3. The lowest BCUT2D eigenvalue weighted by molar-refractivity contribution is -0.144. The SMILES string of the molecule is Cc1noc(COC2CCN(C(=O)C3COc4ccccc4O3)CC2)n1. The Balaban J connectivity index is 1.26. The van der Waals surface area contributed by atoms with Gasteiger partial charge in [-0.3, -0.25) is 4.79 Å². The predicted molar refractivity (Wildman–Crippen MR) is 89.8 cm³/mol. The van der Waals surface area contributed by atoms with Gasteiger partial charge < -0.3 is 23.6 Å². The summed E-state index contributed by atoms with van der Waals surface area (Å²) in [5.74, 6) is 2.34. The first-order chi connectivity index (χ1) is 12.7. The molecule has 2 aliphatic rings. The quantitative estimate of drug-likeness (QED) is 0.821. The van der Waals surface area contributed by atoms with Gasteiger partial charge in [0.1, 0.15) is 13.2 Å². The summed E-state index contributed by atoms with van der Waals surface area (Å²) < 4.78 is 22.3. The topological polar surface area (TPSA) is 86.9 Å². The number of carbonyl (C=O) groups excluding carboxylic acids is 1. The summed E-state index contributed by atoms with van der Waals surface area (Å²) in [5.41, 5.74) is 0. The van der Waals surface area contributed by atoms with Crippen LogP contribution in [0.3, 0.4) is 0 Å². The highest BCUT2D eigenvalue weighted by Gasteiger charge is 2.33. The summed E-state index contributed by atoms with van der Waals surface area (Å²) in [7, 11) is 0. The molecule has 1 unspecified atom stereocenters. The maximum Gasteiger partial charge on any atom is 0.267 e. The van der Waals surface area contributed by atoms with Crippen LogP contribution < -0.4 is 9.47 Å². The smallest absolute Gasteiger partial charge is 0.267 e. The van der Waals surface area contributed by atoms with E-state index in [4.69, 9.17) is 18.7 Å². The molecule has 4 rings (SSSR count). The number of hydrogen-bond donors (Lipinski definition) is 0. The highest BCUT2D eigenvalue weighted by molar-refractivity contribution is 5.82. The van der Waals surface area contributed by atoms with Gasteiger partial charge in [-0.25, -0.2) is 0 Å². The fourth-order valence-corrected chi connectivity index (χ4v) is 3.18. The van der Waals surface area contributed by atoms with Crippen molar-refractivity contribution < 1.29 is 23.5 Å². The van der Waals surface area contributed by atoms with Gasteiger partial charge in [0, 0.05) is 13.1 Å². The molecule has 1 fully saturated rings. The second kappa shape index (κ2) is 7.33. The average Bonchev–Trinajstić information content (AvgIpc) is 3.11. The Morgan fingerprint density at radius 3 is 2.77 bits per heavy atom. The van der Waals surface area contributed by atoms with Crippen molar-refractivity contribution in [1.29, 1.82) is 0 Å². The van der Waals surface area contributed by atoms with Crippen LogP contribution in [0.4, 0.5) is 0 Å². The molecular weight excluding hydrogens is 338 g/mol. The largest absolute Gasteiger partial charge is 0.485 e. The zero-order valence-corrected chi connectivity index (χ0v) is 14.6. The Hall–Kier alpha value is -2.61. The Bertz CT molecular complexity index is 770. The number of carbonyl (C=O) groups is 1. The van der Waals surface area contributed by atoms with Crippen LogP contribution in [0.25, 0.3) is 0 Å². The number of aromatic nitrogens is 2. The predicted octanol–water partition coefficient (Wildman–Crippen LogP) is 1.73. The van der Waals surface area contributed by atoms with Crippen LogP contribution >= 0.6 is 0 Å². The van der Waals surface area contributed by atoms with Gasteiger partial charge in [-0.1, -0.05) is 17.3 Å². The highest BCUT2D eigenvalue weighted by Crippen LogP contribution is 2.31. The Kier molecular flexibility index (Phi) is 4.75. The number of rotatable bonds is 4. The molecule has 8 heteroatoms. The van der Waals surface area contributed by atoms with Gasteiger partial charge in [0.25, 0.3) is 11.8 Å². The third-order valence-corrected chi connectivity index (χ3v) is 4.55. The van der Waals surface area contributed by atoms with Crippen molar-refractivity contribution >= 4 is 5.91 Å². The number of fused-ring (bicyclic) bond motifs is 1. The molecule has 1 aromatic heterocycles. The molecule has 0 radical (unpaired) electrons. The summed E-state index contributed by atoms with van der Waals surface area (Å²) in [5, 5.41) is 3.74. The Morgan fingerprint density at radius 1 is 1.27 bits per heavy atom. The first kappa shape index (κ1) is 16.8. The number of ether oxygens (including phenoxy) is 3. The zero-order valence-electron chi connectivity index (χ0n) is 14.6. The normalized spacial score (nSPS) is 20.2. The molecule has 0 aliphatic carbocycles. The van der Waals surface area contributed by atoms with Crippen molar-refractivity contribution in [1.82, 2.24) is 15.0 Å². The first-order valence-corrected chi connectivity index (χ1v) is 8.77. The molecule has 0 spiro atoms. The Morgan fingerprint density at radius 2 is 2.04 bits per heavy atom. The molecule has 3 heterocycles. The van der Waals surface area contributed by atoms with Crippen LogP contribution in [0.15, 0.2) is 28.8 Å². The van der Waals surface area contributed by atoms with Gasteiger partial charge in [0.2, 0.25) is 6.10 Å². The van der Waals surface area contributed by atoms with Gasteiger partial charge in [-0.05, 0) is 31.9 Å². The van der Waals surface area contributed by atoms with E-state index in [1.807, 2.05) is 29.2 Å². The van der Waals surface area contributed by atoms with E-state index in [-0.39, 0.29) is 18.6 Å². The van der Waals surface area contributed by atoms with Crippen molar-refractivity contribution in [3.8, 4) is 11.5 Å². The lowest BCUT2D eigenvalue weighted by atomic mass is 10.1. The fourth-order valence-electron chi connectivity index (χ4n) is 3.18. The monoisotopic (exact) mass is 359 g/mol. The Labute approximate surface area is 151 Å². The van der Waals surface area contributed by atoms with E-state index in [9.17, 15) is 4.79 Å². The number of benzene rings is 1. The molecule has 26 heavy (non-hydrogen) atoms. The molecular formula is C18H21N3O5. The second-order valence-electron chi connectivity index (χ2n) is 6.44. The van der Waals surface area contributed by atoms with Gasteiger partial charge >= 0.3 is 0 Å². The molecule has 138 valence electrons. The second-order valence-corrected chi connectivity index (χ2v) is 6.44. The summed E-state index contributed by atoms with van der Waals surface area (Å²) in [6.45, 7) is 3.58. The molecule has 1 aromatic carbocycles. The first-order valence-electron chi connectivity index (χ1n) is 8.77. The van der Waals surface area contributed by atoms with Crippen LogP contribution in [0.5, 0.6) is 11.5 Å². The molecule has 1 amide bonds. The molecule has 0 bridgehead atoms. The number of nitrogens with zero attached hydrogens (tertiary/aromatic N) is 3. The van der Waals surface area contributed by atoms with Crippen LogP contribution in [0.2, 0.25) is 0 Å². The number of hydrogen-bond acceptors (Lipinski definition) is 7. The number of aryl methyl sites for hydroxylation is 1. The number of piperidine rings is 1. The van der Waals surface area contributed by atoms with Crippen molar-refractivity contribution in [2.45, 2.75) is 38.6 Å². The number of para-hydroxylation sites is 2. The molecule has 8 nitrogen and oxygen atoms in total. The van der Waals surface area contributed by atoms with E-state index >= 15 is 0 Å². The highest BCUT2D eigenvalue weighted by atomic mass is 16.6. The minimum absolute atomic E-state index is 0.0366. The van der Waals surface area contributed by atoms with Crippen LogP contribution in [0.1, 0.15) is 24.6 Å². The lowest BCUT2D eigenvalue weighted by Crippen LogP contribution is -2.49. The maximum atomic E-state index is 12.7.